The number of anilines is 2. The molecule has 1 heterocycles. The Hall–Kier alpha value is -2.08. The summed E-state index contributed by atoms with van der Waals surface area (Å²) < 4.78 is 5.29. The minimum absolute atomic E-state index is 0.0431. The fourth-order valence-electron chi connectivity index (χ4n) is 3.35. The van der Waals surface area contributed by atoms with E-state index in [4.69, 9.17) is 4.74 Å². The summed E-state index contributed by atoms with van der Waals surface area (Å²) in [6.45, 7) is 12.6. The predicted molar refractivity (Wildman–Crippen MR) is 105 cm³/mol. The molecule has 26 heavy (non-hydrogen) atoms. The zero-order chi connectivity index (χ0) is 19.1. The van der Waals surface area contributed by atoms with Crippen molar-refractivity contribution in [3.05, 3.63) is 23.8 Å². The van der Waals surface area contributed by atoms with Gasteiger partial charge in [0, 0.05) is 57.4 Å². The first-order valence-electron chi connectivity index (χ1n) is 9.47. The number of carbonyl (C=O) groups is 2. The van der Waals surface area contributed by atoms with E-state index in [1.54, 1.807) is 11.8 Å². The highest BCUT2D eigenvalue weighted by molar-refractivity contribution is 5.93. The summed E-state index contributed by atoms with van der Waals surface area (Å²) in [5.41, 5.74) is 3.08. The number of morpholine rings is 1. The second-order valence-electron chi connectivity index (χ2n) is 6.56. The molecule has 1 aromatic rings. The smallest absolute Gasteiger partial charge is 0.224 e. The van der Waals surface area contributed by atoms with Gasteiger partial charge in [-0.1, -0.05) is 0 Å². The molecule has 1 aromatic carbocycles. The standard InChI is InChI=1S/C20H31N3O3/c1-5-21(6-2)18-7-8-19(16(3)15-18)23(17(4)24)10-9-20(25)22-11-13-26-14-12-22/h7-8,15H,5-6,9-14H2,1-4H3. The molecule has 0 aromatic heterocycles. The molecule has 0 bridgehead atoms. The van der Waals surface area contributed by atoms with Crippen LogP contribution in [0.3, 0.4) is 0 Å². The third-order valence-electron chi connectivity index (χ3n) is 4.89. The lowest BCUT2D eigenvalue weighted by Crippen LogP contribution is -2.42. The molecule has 0 atom stereocenters. The van der Waals surface area contributed by atoms with Crippen LogP contribution in [-0.2, 0) is 14.3 Å². The van der Waals surface area contributed by atoms with Crippen LogP contribution < -0.4 is 9.80 Å². The summed E-state index contributed by atoms with van der Waals surface area (Å²) in [5.74, 6) is 0.0374. The van der Waals surface area contributed by atoms with E-state index in [1.807, 2.05) is 17.9 Å². The number of rotatable bonds is 7. The van der Waals surface area contributed by atoms with Gasteiger partial charge in [0.2, 0.25) is 11.8 Å². The molecule has 0 radical (unpaired) electrons. The van der Waals surface area contributed by atoms with E-state index in [1.165, 1.54) is 0 Å². The van der Waals surface area contributed by atoms with Crippen molar-refractivity contribution in [1.82, 2.24) is 4.90 Å². The minimum atomic E-state index is -0.0431. The molecule has 1 aliphatic heterocycles. The zero-order valence-corrected chi connectivity index (χ0v) is 16.5. The lowest BCUT2D eigenvalue weighted by molar-refractivity contribution is -0.135. The molecule has 1 saturated heterocycles. The first-order valence-corrected chi connectivity index (χ1v) is 9.47. The normalized spacial score (nSPS) is 14.2. The van der Waals surface area contributed by atoms with Crippen molar-refractivity contribution in [3.8, 4) is 0 Å². The van der Waals surface area contributed by atoms with Crippen LogP contribution in [0.5, 0.6) is 0 Å². The Morgan fingerprint density at radius 1 is 1.15 bits per heavy atom. The van der Waals surface area contributed by atoms with Crippen LogP contribution in [0.1, 0.15) is 32.8 Å². The van der Waals surface area contributed by atoms with Crippen molar-refractivity contribution in [2.75, 3.05) is 55.7 Å². The van der Waals surface area contributed by atoms with Gasteiger partial charge in [0.1, 0.15) is 0 Å². The second kappa shape index (κ2) is 9.57. The van der Waals surface area contributed by atoms with Crippen LogP contribution in [0.4, 0.5) is 11.4 Å². The number of hydrogen-bond acceptors (Lipinski definition) is 4. The number of amides is 2. The fraction of sp³-hybridized carbons (Fsp3) is 0.600. The van der Waals surface area contributed by atoms with E-state index in [-0.39, 0.29) is 11.8 Å². The van der Waals surface area contributed by atoms with E-state index in [0.717, 1.165) is 30.0 Å². The average molecular weight is 361 g/mol. The molecule has 2 rings (SSSR count). The van der Waals surface area contributed by atoms with Gasteiger partial charge < -0.3 is 19.4 Å². The number of carbonyl (C=O) groups excluding carboxylic acids is 2. The molecule has 2 amide bonds. The molecule has 0 N–H and O–H groups in total. The Morgan fingerprint density at radius 2 is 1.81 bits per heavy atom. The third kappa shape index (κ3) is 4.97. The van der Waals surface area contributed by atoms with E-state index < -0.39 is 0 Å². The van der Waals surface area contributed by atoms with Crippen LogP contribution in [0, 0.1) is 6.92 Å². The summed E-state index contributed by atoms with van der Waals surface area (Å²) in [4.78, 5) is 30.4. The number of ether oxygens (including phenoxy) is 1. The summed E-state index contributed by atoms with van der Waals surface area (Å²) in [5, 5.41) is 0. The topological polar surface area (TPSA) is 53.1 Å². The van der Waals surface area contributed by atoms with Gasteiger partial charge in [-0.05, 0) is 44.5 Å². The molecule has 0 spiro atoms. The Morgan fingerprint density at radius 3 is 2.35 bits per heavy atom. The average Bonchev–Trinajstić information content (AvgIpc) is 2.64. The Balaban J connectivity index is 2.09. The van der Waals surface area contributed by atoms with Gasteiger partial charge in [0.05, 0.1) is 13.2 Å². The lowest BCUT2D eigenvalue weighted by atomic mass is 10.1. The van der Waals surface area contributed by atoms with Crippen LogP contribution in [0.15, 0.2) is 18.2 Å². The zero-order valence-electron chi connectivity index (χ0n) is 16.5. The predicted octanol–water partition coefficient (Wildman–Crippen LogP) is 2.44. The number of nitrogens with zero attached hydrogens (tertiary/aromatic N) is 3. The summed E-state index contributed by atoms with van der Waals surface area (Å²) in [7, 11) is 0. The van der Waals surface area contributed by atoms with E-state index in [0.29, 0.717) is 39.3 Å². The SMILES string of the molecule is CCN(CC)c1ccc(N(CCC(=O)N2CCOCC2)C(C)=O)c(C)c1. The van der Waals surface area contributed by atoms with Crippen LogP contribution >= 0.6 is 0 Å². The largest absolute Gasteiger partial charge is 0.378 e. The number of aryl methyl sites for hydroxylation is 1. The molecule has 1 aliphatic rings. The Labute approximate surface area is 156 Å². The van der Waals surface area contributed by atoms with Crippen LogP contribution in [-0.4, -0.2) is 62.7 Å². The van der Waals surface area contributed by atoms with Crippen molar-refractivity contribution in [1.29, 1.82) is 0 Å². The summed E-state index contributed by atoms with van der Waals surface area (Å²) >= 11 is 0. The maximum Gasteiger partial charge on any atom is 0.224 e. The van der Waals surface area contributed by atoms with Gasteiger partial charge in [0.15, 0.2) is 0 Å². The fourth-order valence-corrected chi connectivity index (χ4v) is 3.35. The highest BCUT2D eigenvalue weighted by Gasteiger charge is 2.20. The third-order valence-corrected chi connectivity index (χ3v) is 4.89. The molecule has 144 valence electrons. The van der Waals surface area contributed by atoms with Gasteiger partial charge in [0.25, 0.3) is 0 Å². The second-order valence-corrected chi connectivity index (χ2v) is 6.56. The van der Waals surface area contributed by atoms with Crippen LogP contribution in [0.25, 0.3) is 0 Å². The highest BCUT2D eigenvalue weighted by atomic mass is 16.5. The van der Waals surface area contributed by atoms with E-state index in [2.05, 4.69) is 30.9 Å². The molecule has 0 unspecified atom stereocenters. The summed E-state index contributed by atoms with van der Waals surface area (Å²) in [6.07, 6.45) is 0.330. The van der Waals surface area contributed by atoms with Crippen molar-refractivity contribution in [3.63, 3.8) is 0 Å². The van der Waals surface area contributed by atoms with Gasteiger partial charge in [-0.15, -0.1) is 0 Å². The van der Waals surface area contributed by atoms with Crippen molar-refractivity contribution in [2.45, 2.75) is 34.1 Å². The maximum atomic E-state index is 12.4. The van der Waals surface area contributed by atoms with Gasteiger partial charge in [-0.3, -0.25) is 9.59 Å². The van der Waals surface area contributed by atoms with Crippen molar-refractivity contribution < 1.29 is 14.3 Å². The monoisotopic (exact) mass is 361 g/mol. The highest BCUT2D eigenvalue weighted by Crippen LogP contribution is 2.26. The van der Waals surface area contributed by atoms with E-state index >= 15 is 0 Å². The molecule has 6 nitrogen and oxygen atoms in total. The molecule has 1 fully saturated rings. The van der Waals surface area contributed by atoms with Crippen molar-refractivity contribution in [2.24, 2.45) is 0 Å². The first kappa shape index (κ1) is 20.2. The molecule has 6 heteroatoms. The van der Waals surface area contributed by atoms with Gasteiger partial charge in [-0.25, -0.2) is 0 Å². The van der Waals surface area contributed by atoms with Gasteiger partial charge >= 0.3 is 0 Å². The molecule has 0 saturated carbocycles. The Bertz CT molecular complexity index is 623. The minimum Gasteiger partial charge on any atom is -0.378 e. The maximum absolute atomic E-state index is 12.4. The van der Waals surface area contributed by atoms with Gasteiger partial charge in [-0.2, -0.15) is 0 Å². The molecular formula is C20H31N3O3. The van der Waals surface area contributed by atoms with Crippen molar-refractivity contribution >= 4 is 23.2 Å². The van der Waals surface area contributed by atoms with E-state index in [9.17, 15) is 9.59 Å². The van der Waals surface area contributed by atoms with Crippen LogP contribution in [0.2, 0.25) is 0 Å². The quantitative estimate of drug-likeness (QED) is 0.749. The molecular weight excluding hydrogens is 330 g/mol. The lowest BCUT2D eigenvalue weighted by Gasteiger charge is -2.29. The first-order chi connectivity index (χ1) is 12.5. The number of hydrogen-bond donors (Lipinski definition) is 0. The Kier molecular flexibility index (Phi) is 7.45. The molecule has 0 aliphatic carbocycles. The summed E-state index contributed by atoms with van der Waals surface area (Å²) in [6, 6.07) is 6.15. The number of benzene rings is 1.